The molecule has 0 spiro atoms. The number of anilines is 2. The molecule has 0 aromatic heterocycles. The van der Waals surface area contributed by atoms with E-state index in [2.05, 4.69) is 15.7 Å². The number of nitrogens with one attached hydrogen (secondary N) is 1. The zero-order valence-corrected chi connectivity index (χ0v) is 17.6. The highest BCUT2D eigenvalue weighted by atomic mass is 16.5. The summed E-state index contributed by atoms with van der Waals surface area (Å²) in [5.74, 6) is 0.167. The van der Waals surface area contributed by atoms with Crippen molar-refractivity contribution in [3.8, 4) is 17.2 Å². The summed E-state index contributed by atoms with van der Waals surface area (Å²) in [6, 6.07) is 9.50. The molecule has 1 saturated heterocycles. The van der Waals surface area contributed by atoms with Crippen molar-refractivity contribution in [3.63, 3.8) is 0 Å². The maximum Gasteiger partial charge on any atom is 0.263 e. The highest BCUT2D eigenvalue weighted by Crippen LogP contribution is 2.33. The van der Waals surface area contributed by atoms with Crippen LogP contribution in [0.25, 0.3) is 0 Å². The Labute approximate surface area is 183 Å². The first-order valence-corrected chi connectivity index (χ1v) is 9.68. The first-order chi connectivity index (χ1) is 15.5. The summed E-state index contributed by atoms with van der Waals surface area (Å²) < 4.78 is 15.5. The average Bonchev–Trinajstić information content (AvgIpc) is 3.32. The number of methoxy groups -OCH3 is 3. The largest absolute Gasteiger partial charge is 0.497 e. The number of carbonyl (C=O) groups is 3. The molecule has 11 heteroatoms. The minimum atomic E-state index is -0.988. The number of hydrogen-bond acceptors (Lipinski definition) is 9. The topological polar surface area (TPSA) is 122 Å². The van der Waals surface area contributed by atoms with Crippen LogP contribution in [0.4, 0.5) is 11.4 Å². The van der Waals surface area contributed by atoms with Gasteiger partial charge in [-0.3, -0.25) is 19.4 Å². The second-order valence-corrected chi connectivity index (χ2v) is 7.02. The second-order valence-electron chi connectivity index (χ2n) is 7.02. The van der Waals surface area contributed by atoms with Crippen LogP contribution in [0.3, 0.4) is 0 Å². The number of rotatable bonds is 7. The van der Waals surface area contributed by atoms with E-state index in [1.165, 1.54) is 26.3 Å². The number of carbonyl (C=O) groups excluding carboxylic acids is 3. The summed E-state index contributed by atoms with van der Waals surface area (Å²) in [6.07, 6.45) is 0. The molecule has 4 rings (SSSR count). The summed E-state index contributed by atoms with van der Waals surface area (Å²) in [7, 11) is 4.53. The SMILES string of the molecule is COc1ccc(N2C(=O)C3N=NN(CC(=O)Nc4ccc(OC)c(OC)c4)C3C2=O)cc1. The molecule has 2 aromatic carbocycles. The van der Waals surface area contributed by atoms with Crippen molar-refractivity contribution in [3.05, 3.63) is 42.5 Å². The molecule has 0 radical (unpaired) electrons. The fourth-order valence-corrected chi connectivity index (χ4v) is 3.60. The number of benzene rings is 2. The summed E-state index contributed by atoms with van der Waals surface area (Å²) in [6.45, 7) is -0.255. The molecule has 2 aromatic rings. The Hall–Kier alpha value is -4.15. The van der Waals surface area contributed by atoms with Gasteiger partial charge in [0.1, 0.15) is 12.3 Å². The number of amides is 3. The maximum atomic E-state index is 13.0. The van der Waals surface area contributed by atoms with E-state index in [0.29, 0.717) is 28.6 Å². The maximum absolute atomic E-state index is 13.0. The van der Waals surface area contributed by atoms with Crippen LogP contribution >= 0.6 is 0 Å². The van der Waals surface area contributed by atoms with Gasteiger partial charge in [-0.1, -0.05) is 5.22 Å². The normalized spacial score (nSPS) is 19.2. The molecule has 2 heterocycles. The fourth-order valence-electron chi connectivity index (χ4n) is 3.60. The number of hydrogen-bond donors (Lipinski definition) is 1. The van der Waals surface area contributed by atoms with E-state index in [-0.39, 0.29) is 6.54 Å². The molecule has 0 aliphatic carbocycles. The Morgan fingerprint density at radius 3 is 2.34 bits per heavy atom. The molecule has 11 nitrogen and oxygen atoms in total. The van der Waals surface area contributed by atoms with Crippen LogP contribution in [0, 0.1) is 0 Å². The van der Waals surface area contributed by atoms with Crippen molar-refractivity contribution >= 4 is 29.1 Å². The van der Waals surface area contributed by atoms with Crippen molar-refractivity contribution in [2.24, 2.45) is 10.3 Å². The lowest BCUT2D eigenvalue weighted by atomic mass is 10.1. The number of imide groups is 1. The van der Waals surface area contributed by atoms with Crippen molar-refractivity contribution in [2.45, 2.75) is 12.1 Å². The van der Waals surface area contributed by atoms with Crippen molar-refractivity contribution < 1.29 is 28.6 Å². The lowest BCUT2D eigenvalue weighted by molar-refractivity contribution is -0.123. The molecule has 0 bridgehead atoms. The van der Waals surface area contributed by atoms with E-state index >= 15 is 0 Å². The monoisotopic (exact) mass is 439 g/mol. The molecule has 32 heavy (non-hydrogen) atoms. The predicted molar refractivity (Wildman–Crippen MR) is 113 cm³/mol. The Bertz CT molecular complexity index is 1090. The van der Waals surface area contributed by atoms with Crippen molar-refractivity contribution in [1.29, 1.82) is 0 Å². The van der Waals surface area contributed by atoms with Gasteiger partial charge in [-0.2, -0.15) is 5.11 Å². The first-order valence-electron chi connectivity index (χ1n) is 9.68. The van der Waals surface area contributed by atoms with Crippen molar-refractivity contribution in [2.75, 3.05) is 38.1 Å². The van der Waals surface area contributed by atoms with Crippen LogP contribution in [0.1, 0.15) is 0 Å². The van der Waals surface area contributed by atoms with Gasteiger partial charge in [-0.25, -0.2) is 4.90 Å². The van der Waals surface area contributed by atoms with Gasteiger partial charge in [0.05, 0.1) is 27.0 Å². The van der Waals surface area contributed by atoms with Crippen LogP contribution in [0.2, 0.25) is 0 Å². The standard InChI is InChI=1S/C21H21N5O6/c1-30-14-7-5-13(6-8-14)26-20(28)18-19(21(26)29)25(24-23-18)11-17(27)22-12-4-9-15(31-2)16(10-12)32-3/h4-10,18-19H,11H2,1-3H3,(H,22,27). The van der Waals surface area contributed by atoms with E-state index in [1.54, 1.807) is 42.5 Å². The summed E-state index contributed by atoms with van der Waals surface area (Å²) >= 11 is 0. The predicted octanol–water partition coefficient (Wildman–Crippen LogP) is 1.64. The van der Waals surface area contributed by atoms with Gasteiger partial charge in [0.25, 0.3) is 11.8 Å². The van der Waals surface area contributed by atoms with E-state index in [9.17, 15) is 14.4 Å². The lowest BCUT2D eigenvalue weighted by Gasteiger charge is -2.20. The third-order valence-corrected chi connectivity index (χ3v) is 5.16. The van der Waals surface area contributed by atoms with Gasteiger partial charge in [-0.15, -0.1) is 0 Å². The molecule has 1 fully saturated rings. The summed E-state index contributed by atoms with van der Waals surface area (Å²) in [5.41, 5.74) is 0.883. The molecule has 2 aliphatic rings. The molecule has 1 N–H and O–H groups in total. The molecule has 2 atom stereocenters. The van der Waals surface area contributed by atoms with Gasteiger partial charge in [0.15, 0.2) is 23.6 Å². The minimum absolute atomic E-state index is 0.255. The highest BCUT2D eigenvalue weighted by molar-refractivity contribution is 6.25. The Morgan fingerprint density at radius 1 is 0.969 bits per heavy atom. The molecule has 2 aliphatic heterocycles. The Balaban J connectivity index is 1.46. The molecular weight excluding hydrogens is 418 g/mol. The van der Waals surface area contributed by atoms with Crippen LogP contribution < -0.4 is 24.4 Å². The number of nitrogens with zero attached hydrogens (tertiary/aromatic N) is 4. The van der Waals surface area contributed by atoms with Gasteiger partial charge in [0.2, 0.25) is 5.91 Å². The Morgan fingerprint density at radius 2 is 1.69 bits per heavy atom. The van der Waals surface area contributed by atoms with Crippen LogP contribution in [-0.4, -0.2) is 62.7 Å². The van der Waals surface area contributed by atoms with Gasteiger partial charge >= 0.3 is 0 Å². The van der Waals surface area contributed by atoms with E-state index < -0.39 is 29.8 Å². The third-order valence-electron chi connectivity index (χ3n) is 5.16. The van der Waals surface area contributed by atoms with Crippen LogP contribution in [0.15, 0.2) is 52.8 Å². The summed E-state index contributed by atoms with van der Waals surface area (Å²) in [4.78, 5) is 39.4. The van der Waals surface area contributed by atoms with E-state index in [0.717, 1.165) is 4.90 Å². The molecule has 166 valence electrons. The second kappa shape index (κ2) is 8.53. The zero-order chi connectivity index (χ0) is 22.8. The lowest BCUT2D eigenvalue weighted by Crippen LogP contribution is -2.43. The third kappa shape index (κ3) is 3.68. The molecule has 0 saturated carbocycles. The molecular formula is C21H21N5O6. The first kappa shape index (κ1) is 21.1. The zero-order valence-electron chi connectivity index (χ0n) is 17.6. The van der Waals surface area contributed by atoms with Crippen LogP contribution in [0.5, 0.6) is 17.2 Å². The van der Waals surface area contributed by atoms with Gasteiger partial charge in [-0.05, 0) is 36.4 Å². The molecule has 2 unspecified atom stereocenters. The fraction of sp³-hybridized carbons (Fsp3) is 0.286. The van der Waals surface area contributed by atoms with E-state index in [4.69, 9.17) is 14.2 Å². The smallest absolute Gasteiger partial charge is 0.263 e. The highest BCUT2D eigenvalue weighted by Gasteiger charge is 2.55. The molecule has 3 amide bonds. The average molecular weight is 439 g/mol. The van der Waals surface area contributed by atoms with Gasteiger partial charge in [0, 0.05) is 11.8 Å². The quantitative estimate of drug-likeness (QED) is 0.651. The number of fused-ring (bicyclic) bond motifs is 1. The minimum Gasteiger partial charge on any atom is -0.497 e. The number of ether oxygens (including phenoxy) is 3. The van der Waals surface area contributed by atoms with Crippen LogP contribution in [-0.2, 0) is 14.4 Å². The summed E-state index contributed by atoms with van der Waals surface area (Å²) in [5, 5.41) is 11.8. The van der Waals surface area contributed by atoms with E-state index in [1.807, 2.05) is 0 Å². The van der Waals surface area contributed by atoms with Crippen molar-refractivity contribution in [1.82, 2.24) is 5.01 Å². The Kier molecular flexibility index (Phi) is 5.63. The van der Waals surface area contributed by atoms with Gasteiger partial charge < -0.3 is 19.5 Å².